The summed E-state index contributed by atoms with van der Waals surface area (Å²) in [5.74, 6) is -2.49. The van der Waals surface area contributed by atoms with Gasteiger partial charge in [0.1, 0.15) is 11.5 Å². The molecule has 3 amide bonds. The first-order chi connectivity index (χ1) is 18.3. The third-order valence-corrected chi connectivity index (χ3v) is 6.23. The summed E-state index contributed by atoms with van der Waals surface area (Å²) in [6, 6.07) is 14.1. The fourth-order valence-corrected chi connectivity index (χ4v) is 4.21. The number of amides is 3. The van der Waals surface area contributed by atoms with Crippen molar-refractivity contribution in [3.63, 3.8) is 0 Å². The van der Waals surface area contributed by atoms with Crippen LogP contribution in [0.2, 0.25) is 0 Å². The minimum atomic E-state index is -3.04. The highest BCUT2D eigenvalue weighted by atomic mass is 19.3. The molecule has 0 spiro atoms. The summed E-state index contributed by atoms with van der Waals surface area (Å²) >= 11 is 0. The highest BCUT2D eigenvalue weighted by molar-refractivity contribution is 6.11. The molecule has 38 heavy (non-hydrogen) atoms. The van der Waals surface area contributed by atoms with Crippen molar-refractivity contribution < 1.29 is 23.1 Å². The number of nitrogens with one attached hydrogen (secondary N) is 3. The number of aromatic nitrogens is 3. The van der Waals surface area contributed by atoms with E-state index in [1.807, 2.05) is 0 Å². The number of likely N-dealkylation sites (tertiary alicyclic amines) is 1. The van der Waals surface area contributed by atoms with E-state index in [0.717, 1.165) is 32.9 Å². The lowest BCUT2D eigenvalue weighted by Gasteiger charge is -2.16. The number of hydrogen-bond donors (Lipinski definition) is 3. The number of aromatic amines is 1. The molecule has 3 heterocycles. The summed E-state index contributed by atoms with van der Waals surface area (Å²) in [5, 5.41) is 12.6. The van der Waals surface area contributed by atoms with Crippen LogP contribution in [-0.4, -0.2) is 45.1 Å². The Labute approximate surface area is 217 Å². The number of ether oxygens (including phenoxy) is 1. The van der Waals surface area contributed by atoms with E-state index in [1.54, 1.807) is 47.5 Å². The SMILES string of the molecule is CC(F)(F)c1ccc2[nH]nc(C(=O)Nc3ccc(Oc4ccnc(CNC(=O)N5CCCC5)c4)cc3)c2c1. The van der Waals surface area contributed by atoms with E-state index in [9.17, 15) is 18.4 Å². The molecule has 1 aliphatic rings. The van der Waals surface area contributed by atoms with E-state index in [1.165, 1.54) is 18.2 Å². The molecule has 1 saturated heterocycles. The molecule has 2 aromatic carbocycles. The molecule has 0 radical (unpaired) electrons. The maximum Gasteiger partial charge on any atom is 0.317 e. The molecular weight excluding hydrogens is 494 g/mol. The Morgan fingerprint density at radius 2 is 1.82 bits per heavy atom. The summed E-state index contributed by atoms with van der Waals surface area (Å²) in [5.41, 5.74) is 1.45. The first-order valence-corrected chi connectivity index (χ1v) is 12.2. The standard InChI is InChI=1S/C27H26F2N6O3/c1-27(28,29)17-4-9-23-22(14-17)24(34-33-23)25(36)32-18-5-7-20(8-6-18)38-21-10-11-30-19(15-21)16-31-26(37)35-12-2-3-13-35/h4-11,14-15H,2-3,12-13,16H2,1H3,(H,31,37)(H,32,36)(H,33,34). The van der Waals surface area contributed by atoms with Crippen molar-refractivity contribution in [3.05, 3.63) is 77.7 Å². The van der Waals surface area contributed by atoms with Gasteiger partial charge in [-0.3, -0.25) is 14.9 Å². The van der Waals surface area contributed by atoms with Gasteiger partial charge in [0.2, 0.25) is 0 Å². The van der Waals surface area contributed by atoms with Crippen LogP contribution in [0, 0.1) is 0 Å². The number of benzene rings is 2. The minimum Gasteiger partial charge on any atom is -0.457 e. The van der Waals surface area contributed by atoms with Gasteiger partial charge in [0.25, 0.3) is 11.8 Å². The number of carbonyl (C=O) groups is 2. The molecule has 1 fully saturated rings. The minimum absolute atomic E-state index is 0.0209. The third-order valence-electron chi connectivity index (χ3n) is 6.23. The molecule has 0 saturated carbocycles. The molecule has 0 aliphatic carbocycles. The number of fused-ring (bicyclic) bond motifs is 1. The number of anilines is 1. The monoisotopic (exact) mass is 520 g/mol. The zero-order chi connectivity index (χ0) is 26.7. The Morgan fingerprint density at radius 3 is 2.55 bits per heavy atom. The molecule has 11 heteroatoms. The zero-order valence-electron chi connectivity index (χ0n) is 20.6. The van der Waals surface area contributed by atoms with E-state index < -0.39 is 11.8 Å². The average molecular weight is 521 g/mol. The number of hydrogen-bond acceptors (Lipinski definition) is 5. The molecule has 1 aliphatic heterocycles. The van der Waals surface area contributed by atoms with Gasteiger partial charge in [0.05, 0.1) is 17.8 Å². The summed E-state index contributed by atoms with van der Waals surface area (Å²) in [7, 11) is 0. The Kier molecular flexibility index (Phi) is 6.91. The third kappa shape index (κ3) is 5.72. The van der Waals surface area contributed by atoms with Crippen LogP contribution in [-0.2, 0) is 12.5 Å². The van der Waals surface area contributed by atoms with Gasteiger partial charge in [-0.2, -0.15) is 5.10 Å². The van der Waals surface area contributed by atoms with Crippen LogP contribution in [0.25, 0.3) is 10.9 Å². The number of pyridine rings is 1. The van der Waals surface area contributed by atoms with Crippen LogP contribution in [0.3, 0.4) is 0 Å². The van der Waals surface area contributed by atoms with Crippen molar-refractivity contribution >= 4 is 28.5 Å². The zero-order valence-corrected chi connectivity index (χ0v) is 20.6. The average Bonchev–Trinajstić information content (AvgIpc) is 3.58. The Bertz CT molecular complexity index is 1460. The second-order valence-corrected chi connectivity index (χ2v) is 9.14. The van der Waals surface area contributed by atoms with E-state index in [0.29, 0.717) is 33.8 Å². The Morgan fingerprint density at radius 1 is 1.05 bits per heavy atom. The van der Waals surface area contributed by atoms with Gasteiger partial charge in [0.15, 0.2) is 5.69 Å². The van der Waals surface area contributed by atoms with Crippen LogP contribution < -0.4 is 15.4 Å². The maximum absolute atomic E-state index is 13.7. The van der Waals surface area contributed by atoms with Crippen molar-refractivity contribution in [2.45, 2.75) is 32.2 Å². The molecule has 196 valence electrons. The number of urea groups is 1. The molecule has 3 N–H and O–H groups in total. The lowest BCUT2D eigenvalue weighted by atomic mass is 10.1. The van der Waals surface area contributed by atoms with E-state index in [4.69, 9.17) is 4.74 Å². The van der Waals surface area contributed by atoms with Crippen molar-refractivity contribution in [1.82, 2.24) is 25.4 Å². The Balaban J connectivity index is 1.21. The molecule has 4 aromatic rings. The smallest absolute Gasteiger partial charge is 0.317 e. The fourth-order valence-electron chi connectivity index (χ4n) is 4.21. The number of H-pyrrole nitrogens is 1. The largest absolute Gasteiger partial charge is 0.457 e. The predicted octanol–water partition coefficient (Wildman–Crippen LogP) is 5.42. The number of rotatable bonds is 7. The van der Waals surface area contributed by atoms with Gasteiger partial charge in [-0.15, -0.1) is 0 Å². The Hall–Kier alpha value is -4.54. The topological polar surface area (TPSA) is 112 Å². The highest BCUT2D eigenvalue weighted by Crippen LogP contribution is 2.30. The molecule has 5 rings (SSSR count). The van der Waals surface area contributed by atoms with Crippen molar-refractivity contribution in [3.8, 4) is 11.5 Å². The van der Waals surface area contributed by atoms with Crippen molar-refractivity contribution in [2.75, 3.05) is 18.4 Å². The van der Waals surface area contributed by atoms with Gasteiger partial charge in [0, 0.05) is 48.9 Å². The van der Waals surface area contributed by atoms with Crippen LogP contribution in [0.5, 0.6) is 11.5 Å². The van der Waals surface area contributed by atoms with Gasteiger partial charge < -0.3 is 20.3 Å². The second-order valence-electron chi connectivity index (χ2n) is 9.14. The second kappa shape index (κ2) is 10.4. The van der Waals surface area contributed by atoms with E-state index in [2.05, 4.69) is 25.8 Å². The molecule has 0 bridgehead atoms. The maximum atomic E-state index is 13.7. The predicted molar refractivity (Wildman–Crippen MR) is 137 cm³/mol. The van der Waals surface area contributed by atoms with E-state index >= 15 is 0 Å². The number of nitrogens with zero attached hydrogens (tertiary/aromatic N) is 3. The number of alkyl halides is 2. The molecule has 2 aromatic heterocycles. The van der Waals surface area contributed by atoms with Crippen LogP contribution >= 0.6 is 0 Å². The fraction of sp³-hybridized carbons (Fsp3) is 0.259. The molecule has 9 nitrogen and oxygen atoms in total. The molecular formula is C27H26F2N6O3. The lowest BCUT2D eigenvalue weighted by Crippen LogP contribution is -2.37. The van der Waals surface area contributed by atoms with Gasteiger partial charge in [-0.05, 0) is 55.3 Å². The number of carbonyl (C=O) groups excluding carboxylic acids is 2. The van der Waals surface area contributed by atoms with Crippen molar-refractivity contribution in [1.29, 1.82) is 0 Å². The summed E-state index contributed by atoms with van der Waals surface area (Å²) in [6.45, 7) is 2.64. The van der Waals surface area contributed by atoms with Gasteiger partial charge in [-0.25, -0.2) is 13.6 Å². The molecule has 0 atom stereocenters. The first kappa shape index (κ1) is 25.1. The summed E-state index contributed by atoms with van der Waals surface area (Å²) in [4.78, 5) is 31.1. The van der Waals surface area contributed by atoms with Crippen molar-refractivity contribution in [2.24, 2.45) is 0 Å². The van der Waals surface area contributed by atoms with Crippen LogP contribution in [0.15, 0.2) is 60.8 Å². The van der Waals surface area contributed by atoms with Crippen LogP contribution in [0.4, 0.5) is 19.3 Å². The normalized spacial score (nSPS) is 13.5. The van der Waals surface area contributed by atoms with Gasteiger partial charge >= 0.3 is 6.03 Å². The highest BCUT2D eigenvalue weighted by Gasteiger charge is 2.26. The quantitative estimate of drug-likeness (QED) is 0.301. The summed E-state index contributed by atoms with van der Waals surface area (Å²) < 4.78 is 33.4. The summed E-state index contributed by atoms with van der Waals surface area (Å²) in [6.07, 6.45) is 3.66. The lowest BCUT2D eigenvalue weighted by molar-refractivity contribution is 0.0176. The number of halogens is 2. The molecule has 0 unspecified atom stereocenters. The van der Waals surface area contributed by atoms with E-state index in [-0.39, 0.29) is 23.8 Å². The van der Waals surface area contributed by atoms with Gasteiger partial charge in [-0.1, -0.05) is 6.07 Å². The van der Waals surface area contributed by atoms with Crippen LogP contribution in [0.1, 0.15) is 41.5 Å². The first-order valence-electron chi connectivity index (χ1n) is 12.2.